The Hall–Kier alpha value is -0.510. The molecule has 1 nitrogen and oxygen atoms in total. The van der Waals surface area contributed by atoms with E-state index in [9.17, 15) is 0 Å². The van der Waals surface area contributed by atoms with Crippen LogP contribution in [0.3, 0.4) is 0 Å². The van der Waals surface area contributed by atoms with Crippen LogP contribution in [0.2, 0.25) is 0 Å². The number of rotatable bonds is 0. The topological polar surface area (TPSA) is 9.23 Å². The van der Waals surface area contributed by atoms with Crippen LogP contribution in [0.1, 0.15) is 5.56 Å². The minimum atomic E-state index is 0. The van der Waals surface area contributed by atoms with Crippen LogP contribution in [0, 0.1) is 0 Å². The van der Waals surface area contributed by atoms with Crippen LogP contribution in [0.15, 0.2) is 30.3 Å². The average molecular weight is 260 g/mol. The fourth-order valence-corrected chi connectivity index (χ4v) is 1.06. The highest BCUT2D eigenvalue weighted by Gasteiger charge is 2.01. The first kappa shape index (κ1) is 8.59. The van der Waals surface area contributed by atoms with Crippen LogP contribution in [0.25, 0.3) is 6.08 Å². The molecular formula is C9H9IO. The van der Waals surface area contributed by atoms with Crippen molar-refractivity contribution in [2.45, 2.75) is 0 Å². The van der Waals surface area contributed by atoms with Gasteiger partial charge in [0.25, 0.3) is 0 Å². The van der Waals surface area contributed by atoms with Crippen molar-refractivity contribution >= 4 is 30.1 Å². The molecule has 0 saturated heterocycles. The molecule has 2 heteroatoms. The van der Waals surface area contributed by atoms with Gasteiger partial charge >= 0.3 is 0 Å². The maximum atomic E-state index is 5.34. The average Bonchev–Trinajstić information content (AvgIpc) is 2.05. The Bertz CT molecular complexity index is 268. The molecular weight excluding hydrogens is 251 g/mol. The summed E-state index contributed by atoms with van der Waals surface area (Å²) in [5.74, 6) is 0.991. The highest BCUT2D eigenvalue weighted by atomic mass is 127. The lowest BCUT2D eigenvalue weighted by atomic mass is 10.1. The van der Waals surface area contributed by atoms with Gasteiger partial charge in [-0.3, -0.25) is 0 Å². The quantitative estimate of drug-likeness (QED) is 0.652. The lowest BCUT2D eigenvalue weighted by Gasteiger charge is -2.10. The van der Waals surface area contributed by atoms with Crippen molar-refractivity contribution in [2.24, 2.45) is 0 Å². The summed E-state index contributed by atoms with van der Waals surface area (Å²) in [4.78, 5) is 0. The van der Waals surface area contributed by atoms with Gasteiger partial charge in [-0.25, -0.2) is 0 Å². The van der Waals surface area contributed by atoms with Crippen LogP contribution in [0.4, 0.5) is 0 Å². The molecule has 1 aliphatic heterocycles. The number of ether oxygens (including phenoxy) is 1. The van der Waals surface area contributed by atoms with Gasteiger partial charge in [0.1, 0.15) is 12.4 Å². The van der Waals surface area contributed by atoms with E-state index in [2.05, 4.69) is 6.08 Å². The number of hydrogen-bond donors (Lipinski definition) is 0. The van der Waals surface area contributed by atoms with E-state index in [1.165, 1.54) is 5.56 Å². The number of benzene rings is 1. The third kappa shape index (κ3) is 1.74. The van der Waals surface area contributed by atoms with Crippen molar-refractivity contribution in [1.82, 2.24) is 0 Å². The van der Waals surface area contributed by atoms with Gasteiger partial charge in [0, 0.05) is 5.56 Å². The molecule has 1 aliphatic rings. The van der Waals surface area contributed by atoms with Crippen molar-refractivity contribution < 1.29 is 4.74 Å². The third-order valence-corrected chi connectivity index (χ3v) is 1.55. The molecule has 1 aromatic carbocycles. The van der Waals surface area contributed by atoms with Crippen LogP contribution in [0.5, 0.6) is 5.75 Å². The Morgan fingerprint density at radius 2 is 2.00 bits per heavy atom. The van der Waals surface area contributed by atoms with Gasteiger partial charge in [-0.1, -0.05) is 24.3 Å². The number of para-hydroxylation sites is 1. The molecule has 0 radical (unpaired) electrons. The monoisotopic (exact) mass is 260 g/mol. The molecule has 0 saturated carbocycles. The smallest absolute Gasteiger partial charge is 0.126 e. The molecule has 0 unspecified atom stereocenters. The first-order chi connectivity index (χ1) is 4.97. The zero-order valence-electron chi connectivity index (χ0n) is 5.99. The van der Waals surface area contributed by atoms with Gasteiger partial charge in [-0.05, 0) is 12.1 Å². The predicted octanol–water partition coefficient (Wildman–Crippen LogP) is 2.71. The lowest BCUT2D eigenvalue weighted by molar-refractivity contribution is 0.358. The summed E-state index contributed by atoms with van der Waals surface area (Å²) < 4.78 is 5.34. The zero-order valence-corrected chi connectivity index (χ0v) is 8.32. The molecule has 0 spiro atoms. The second-order valence-electron chi connectivity index (χ2n) is 2.25. The molecule has 0 aromatic heterocycles. The van der Waals surface area contributed by atoms with Crippen LogP contribution >= 0.6 is 24.0 Å². The molecule has 2 rings (SSSR count). The van der Waals surface area contributed by atoms with Crippen molar-refractivity contribution in [3.63, 3.8) is 0 Å². The van der Waals surface area contributed by atoms with E-state index >= 15 is 0 Å². The number of halogens is 1. The SMILES string of the molecule is C1=Cc2ccccc2OC1.I. The molecule has 0 fully saturated rings. The third-order valence-electron chi connectivity index (χ3n) is 1.55. The first-order valence-electron chi connectivity index (χ1n) is 3.35. The lowest BCUT2D eigenvalue weighted by Crippen LogP contribution is -1.98. The second-order valence-corrected chi connectivity index (χ2v) is 2.25. The number of fused-ring (bicyclic) bond motifs is 1. The Labute approximate surface area is 83.1 Å². The normalized spacial score (nSPS) is 12.7. The predicted molar refractivity (Wildman–Crippen MR) is 56.4 cm³/mol. The second kappa shape index (κ2) is 3.76. The maximum absolute atomic E-state index is 5.34. The minimum absolute atomic E-state index is 0. The van der Waals surface area contributed by atoms with E-state index in [1.807, 2.05) is 30.3 Å². The molecule has 0 amide bonds. The van der Waals surface area contributed by atoms with Gasteiger partial charge in [0.2, 0.25) is 0 Å². The maximum Gasteiger partial charge on any atom is 0.126 e. The zero-order chi connectivity index (χ0) is 6.81. The van der Waals surface area contributed by atoms with Crippen molar-refractivity contribution in [2.75, 3.05) is 6.61 Å². The van der Waals surface area contributed by atoms with E-state index in [0.717, 1.165) is 5.75 Å². The molecule has 0 atom stereocenters. The van der Waals surface area contributed by atoms with E-state index in [-0.39, 0.29) is 24.0 Å². The van der Waals surface area contributed by atoms with Crippen molar-refractivity contribution in [3.8, 4) is 5.75 Å². The van der Waals surface area contributed by atoms with E-state index in [0.29, 0.717) is 6.61 Å². The molecule has 1 aromatic rings. The van der Waals surface area contributed by atoms with E-state index in [1.54, 1.807) is 0 Å². The Morgan fingerprint density at radius 1 is 1.18 bits per heavy atom. The standard InChI is InChI=1S/C9H8O.HI/c1-2-6-9-8(4-1)5-3-7-10-9;/h1-6H,7H2;1H. The molecule has 58 valence electrons. The molecule has 11 heavy (non-hydrogen) atoms. The summed E-state index contributed by atoms with van der Waals surface area (Å²) in [5, 5.41) is 0. The molecule has 1 heterocycles. The summed E-state index contributed by atoms with van der Waals surface area (Å²) in [6.07, 6.45) is 4.10. The summed E-state index contributed by atoms with van der Waals surface area (Å²) in [5.41, 5.74) is 1.17. The Kier molecular flexibility index (Phi) is 2.93. The van der Waals surface area contributed by atoms with Gasteiger partial charge in [-0.2, -0.15) is 0 Å². The summed E-state index contributed by atoms with van der Waals surface area (Å²) in [7, 11) is 0. The molecule has 0 bridgehead atoms. The van der Waals surface area contributed by atoms with Gasteiger partial charge < -0.3 is 4.74 Å². The van der Waals surface area contributed by atoms with Crippen molar-refractivity contribution in [1.29, 1.82) is 0 Å². The summed E-state index contributed by atoms with van der Waals surface area (Å²) in [6.45, 7) is 0.705. The minimum Gasteiger partial charge on any atom is -0.489 e. The summed E-state index contributed by atoms with van der Waals surface area (Å²) in [6, 6.07) is 8.03. The van der Waals surface area contributed by atoms with Crippen LogP contribution < -0.4 is 4.74 Å². The van der Waals surface area contributed by atoms with Gasteiger partial charge in [-0.15, -0.1) is 24.0 Å². The Morgan fingerprint density at radius 3 is 2.82 bits per heavy atom. The largest absolute Gasteiger partial charge is 0.489 e. The highest BCUT2D eigenvalue weighted by Crippen LogP contribution is 2.21. The van der Waals surface area contributed by atoms with Crippen LogP contribution in [-0.2, 0) is 0 Å². The highest BCUT2D eigenvalue weighted by molar-refractivity contribution is 14.0. The van der Waals surface area contributed by atoms with E-state index in [4.69, 9.17) is 4.74 Å². The van der Waals surface area contributed by atoms with Crippen LogP contribution in [-0.4, -0.2) is 6.61 Å². The number of hydrogen-bond acceptors (Lipinski definition) is 1. The van der Waals surface area contributed by atoms with E-state index < -0.39 is 0 Å². The fourth-order valence-electron chi connectivity index (χ4n) is 1.06. The molecule has 0 N–H and O–H groups in total. The van der Waals surface area contributed by atoms with Gasteiger partial charge in [0.15, 0.2) is 0 Å². The summed E-state index contributed by atoms with van der Waals surface area (Å²) >= 11 is 0. The first-order valence-corrected chi connectivity index (χ1v) is 3.35. The molecule has 0 aliphatic carbocycles. The Balaban J connectivity index is 0.000000605. The fraction of sp³-hybridized carbons (Fsp3) is 0.111. The van der Waals surface area contributed by atoms with Crippen molar-refractivity contribution in [3.05, 3.63) is 35.9 Å². The van der Waals surface area contributed by atoms with Gasteiger partial charge in [0.05, 0.1) is 0 Å².